The second-order valence-corrected chi connectivity index (χ2v) is 8.69. The molecule has 2 heterocycles. The Bertz CT molecular complexity index is 1660. The van der Waals surface area contributed by atoms with Gasteiger partial charge in [-0.2, -0.15) is 13.2 Å². The Morgan fingerprint density at radius 2 is 1.51 bits per heavy atom. The van der Waals surface area contributed by atoms with Crippen LogP contribution in [0.4, 0.5) is 13.2 Å². The van der Waals surface area contributed by atoms with Crippen molar-refractivity contribution in [3.8, 4) is 17.2 Å². The molecule has 0 atom stereocenters. The number of amides is 2. The first kappa shape index (κ1) is 25.7. The van der Waals surface area contributed by atoms with Crippen LogP contribution in [0, 0.1) is 6.92 Å². The lowest BCUT2D eigenvalue weighted by molar-refractivity contribution is -0.154. The van der Waals surface area contributed by atoms with Gasteiger partial charge < -0.3 is 13.9 Å². The van der Waals surface area contributed by atoms with Gasteiger partial charge in [0.05, 0.1) is 22.9 Å². The summed E-state index contributed by atoms with van der Waals surface area (Å²) in [6.07, 6.45) is -5.43. The summed E-state index contributed by atoms with van der Waals surface area (Å²) in [6, 6.07) is 15.6. The van der Waals surface area contributed by atoms with Crippen LogP contribution in [-0.4, -0.2) is 29.2 Å². The number of benzene rings is 3. The van der Waals surface area contributed by atoms with E-state index < -0.39 is 46.5 Å². The maximum atomic E-state index is 13.8. The normalized spacial score (nSPS) is 13.1. The molecule has 0 unspecified atom stereocenters. The Balaban J connectivity index is 1.36. The van der Waals surface area contributed by atoms with Crippen molar-refractivity contribution in [1.82, 2.24) is 4.90 Å². The number of aryl methyl sites for hydroxylation is 1. The van der Waals surface area contributed by atoms with E-state index >= 15 is 0 Å². The average molecular weight is 537 g/mol. The number of carbonyl (C=O) groups is 3. The largest absolute Gasteiger partial charge is 0.453 e. The molecule has 0 radical (unpaired) electrons. The number of nitrogens with zero attached hydrogens (tertiary/aromatic N) is 1. The third-order valence-corrected chi connectivity index (χ3v) is 5.97. The molecule has 5 rings (SSSR count). The van der Waals surface area contributed by atoms with E-state index in [4.69, 9.17) is 13.9 Å². The maximum absolute atomic E-state index is 13.8. The topological polar surface area (TPSA) is 103 Å². The van der Waals surface area contributed by atoms with E-state index in [1.54, 1.807) is 31.2 Å². The fraction of sp³-hybridized carbons (Fsp3) is 0.143. The predicted octanol–water partition coefficient (Wildman–Crippen LogP) is 5.50. The Labute approximate surface area is 218 Å². The Hall–Kier alpha value is -4.93. The van der Waals surface area contributed by atoms with Crippen molar-refractivity contribution in [1.29, 1.82) is 0 Å². The van der Waals surface area contributed by atoms with Crippen LogP contribution in [0.25, 0.3) is 11.0 Å². The van der Waals surface area contributed by atoms with Crippen molar-refractivity contribution < 1.29 is 41.4 Å². The number of halogens is 3. The van der Waals surface area contributed by atoms with E-state index in [1.807, 2.05) is 0 Å². The van der Waals surface area contributed by atoms with Gasteiger partial charge in [-0.15, -0.1) is 0 Å². The molecule has 1 aliphatic rings. The van der Waals surface area contributed by atoms with Crippen LogP contribution < -0.4 is 14.9 Å². The highest BCUT2D eigenvalue weighted by molar-refractivity contribution is 6.21. The summed E-state index contributed by atoms with van der Waals surface area (Å²) in [4.78, 5) is 51.1. The summed E-state index contributed by atoms with van der Waals surface area (Å²) >= 11 is 0. The number of carbonyl (C=O) groups excluding carboxylic acids is 3. The summed E-state index contributed by atoms with van der Waals surface area (Å²) in [5.41, 5.74) is -0.241. The monoisotopic (exact) mass is 537 g/mol. The SMILES string of the molecule is Cc1ccc(Oc2c(C(F)(F)F)oc3cc(OC(=O)CCN4C(=O)c5ccccc5C4=O)ccc3c2=O)cc1. The van der Waals surface area contributed by atoms with E-state index in [-0.39, 0.29) is 41.0 Å². The number of fused-ring (bicyclic) bond motifs is 2. The fourth-order valence-electron chi connectivity index (χ4n) is 4.05. The van der Waals surface area contributed by atoms with Gasteiger partial charge >= 0.3 is 12.1 Å². The van der Waals surface area contributed by atoms with Gasteiger partial charge in [-0.25, -0.2) is 0 Å². The molecule has 0 saturated heterocycles. The summed E-state index contributed by atoms with van der Waals surface area (Å²) in [6.45, 7) is 1.52. The molecule has 4 aromatic rings. The van der Waals surface area contributed by atoms with Crippen LogP contribution in [-0.2, 0) is 11.0 Å². The molecule has 0 N–H and O–H groups in total. The lowest BCUT2D eigenvalue weighted by atomic mass is 10.1. The van der Waals surface area contributed by atoms with Gasteiger partial charge in [0.2, 0.25) is 11.2 Å². The molecule has 39 heavy (non-hydrogen) atoms. The molecule has 0 saturated carbocycles. The van der Waals surface area contributed by atoms with Gasteiger partial charge in [0.15, 0.2) is 0 Å². The minimum atomic E-state index is -5.06. The van der Waals surface area contributed by atoms with Gasteiger partial charge in [0.25, 0.3) is 17.6 Å². The first-order valence-electron chi connectivity index (χ1n) is 11.6. The van der Waals surface area contributed by atoms with E-state index in [0.717, 1.165) is 22.6 Å². The van der Waals surface area contributed by atoms with Gasteiger partial charge in [0.1, 0.15) is 17.1 Å². The molecule has 0 fully saturated rings. The first-order chi connectivity index (χ1) is 18.5. The average Bonchev–Trinajstić information content (AvgIpc) is 3.14. The van der Waals surface area contributed by atoms with E-state index in [0.29, 0.717) is 0 Å². The van der Waals surface area contributed by atoms with Crippen LogP contribution in [0.2, 0.25) is 0 Å². The van der Waals surface area contributed by atoms with Crippen LogP contribution in [0.3, 0.4) is 0 Å². The minimum Gasteiger partial charge on any atom is -0.449 e. The van der Waals surface area contributed by atoms with E-state index in [1.165, 1.54) is 30.3 Å². The van der Waals surface area contributed by atoms with E-state index in [2.05, 4.69) is 0 Å². The Morgan fingerprint density at radius 1 is 0.897 bits per heavy atom. The standard InChI is InChI=1S/C28H18F3NO7/c1-15-6-8-16(9-7-15)38-24-23(34)20-11-10-17(14-21(20)39-25(24)28(29,30)31)37-22(33)12-13-32-26(35)18-4-2-3-5-19(18)27(32)36/h2-11,14H,12-13H2,1H3. The first-order valence-corrected chi connectivity index (χ1v) is 11.6. The van der Waals surface area contributed by atoms with Gasteiger partial charge in [-0.3, -0.25) is 24.1 Å². The predicted molar refractivity (Wildman–Crippen MR) is 131 cm³/mol. The molecule has 3 aromatic carbocycles. The number of hydrogen-bond acceptors (Lipinski definition) is 7. The van der Waals surface area contributed by atoms with Crippen molar-refractivity contribution in [3.63, 3.8) is 0 Å². The Kier molecular flexibility index (Phi) is 6.43. The number of ether oxygens (including phenoxy) is 2. The van der Waals surface area contributed by atoms with Crippen molar-refractivity contribution in [3.05, 3.63) is 99.4 Å². The van der Waals surface area contributed by atoms with Crippen LogP contribution >= 0.6 is 0 Å². The summed E-state index contributed by atoms with van der Waals surface area (Å²) in [5.74, 6) is -4.79. The van der Waals surface area contributed by atoms with Crippen LogP contribution in [0.15, 0.2) is 75.9 Å². The molecule has 1 aromatic heterocycles. The molecule has 0 spiro atoms. The molecule has 2 amide bonds. The summed E-state index contributed by atoms with van der Waals surface area (Å²) in [5, 5.41) is -0.226. The highest BCUT2D eigenvalue weighted by Gasteiger charge is 2.40. The summed E-state index contributed by atoms with van der Waals surface area (Å²) in [7, 11) is 0. The number of esters is 1. The zero-order chi connectivity index (χ0) is 27.9. The lowest BCUT2D eigenvalue weighted by Crippen LogP contribution is -2.32. The second kappa shape index (κ2) is 9.75. The van der Waals surface area contributed by atoms with Crippen molar-refractivity contribution >= 4 is 28.8 Å². The molecule has 198 valence electrons. The number of imide groups is 1. The van der Waals surface area contributed by atoms with Gasteiger partial charge in [0, 0.05) is 12.6 Å². The third kappa shape index (κ3) is 4.98. The molecule has 8 nitrogen and oxygen atoms in total. The fourth-order valence-corrected chi connectivity index (χ4v) is 4.05. The zero-order valence-electron chi connectivity index (χ0n) is 20.2. The number of alkyl halides is 3. The lowest BCUT2D eigenvalue weighted by Gasteiger charge is -2.14. The number of rotatable bonds is 6. The van der Waals surface area contributed by atoms with Crippen molar-refractivity contribution in [2.75, 3.05) is 6.54 Å². The second-order valence-electron chi connectivity index (χ2n) is 8.69. The number of hydrogen-bond donors (Lipinski definition) is 0. The van der Waals surface area contributed by atoms with Gasteiger partial charge in [-0.05, 0) is 43.3 Å². The molecule has 1 aliphatic heterocycles. The zero-order valence-corrected chi connectivity index (χ0v) is 20.2. The van der Waals surface area contributed by atoms with Crippen LogP contribution in [0.1, 0.15) is 38.5 Å². The van der Waals surface area contributed by atoms with Crippen molar-refractivity contribution in [2.24, 2.45) is 0 Å². The molecule has 0 aliphatic carbocycles. The Morgan fingerprint density at radius 3 is 2.13 bits per heavy atom. The molecular weight excluding hydrogens is 519 g/mol. The molecular formula is C28H18F3NO7. The van der Waals surface area contributed by atoms with Crippen molar-refractivity contribution in [2.45, 2.75) is 19.5 Å². The molecule has 11 heteroatoms. The smallest absolute Gasteiger partial charge is 0.449 e. The third-order valence-electron chi connectivity index (χ3n) is 5.97. The quantitative estimate of drug-likeness (QED) is 0.182. The van der Waals surface area contributed by atoms with E-state index in [9.17, 15) is 32.3 Å². The van der Waals surface area contributed by atoms with Crippen LogP contribution in [0.5, 0.6) is 17.2 Å². The summed E-state index contributed by atoms with van der Waals surface area (Å²) < 4.78 is 56.8. The highest BCUT2D eigenvalue weighted by atomic mass is 19.4. The molecule has 0 bridgehead atoms. The minimum absolute atomic E-state index is 0.0151. The van der Waals surface area contributed by atoms with Gasteiger partial charge in [-0.1, -0.05) is 29.8 Å². The highest BCUT2D eigenvalue weighted by Crippen LogP contribution is 2.38. The maximum Gasteiger partial charge on any atom is 0.453 e.